The zero-order valence-electron chi connectivity index (χ0n) is 11.2. The zero-order valence-corrected chi connectivity index (χ0v) is 12.0. The monoisotopic (exact) mass is 301 g/mol. The molecule has 6 nitrogen and oxygen atoms in total. The minimum Gasteiger partial charge on any atom is -0.454 e. The minimum atomic E-state index is -0.434. The van der Waals surface area contributed by atoms with Crippen LogP contribution in [0.2, 0.25) is 0 Å². The highest BCUT2D eigenvalue weighted by Crippen LogP contribution is 2.36. The van der Waals surface area contributed by atoms with Crippen molar-refractivity contribution in [3.05, 3.63) is 34.1 Å². The maximum absolute atomic E-state index is 12.0. The fourth-order valence-corrected chi connectivity index (χ4v) is 2.61. The Morgan fingerprint density at radius 2 is 2.24 bits per heavy atom. The molecular weight excluding hydrogens is 290 g/mol. The Balaban J connectivity index is 2.16. The lowest BCUT2D eigenvalue weighted by molar-refractivity contribution is 0.174. The van der Waals surface area contributed by atoms with Crippen LogP contribution in [0.15, 0.2) is 28.2 Å². The van der Waals surface area contributed by atoms with Crippen LogP contribution in [0.25, 0.3) is 11.3 Å². The van der Waals surface area contributed by atoms with Crippen molar-refractivity contribution >= 4 is 11.8 Å². The van der Waals surface area contributed by atoms with Crippen LogP contribution in [0.4, 0.5) is 0 Å². The normalized spacial score (nSPS) is 12.2. The van der Waals surface area contributed by atoms with Gasteiger partial charge in [-0.3, -0.25) is 4.79 Å². The molecule has 1 aliphatic heterocycles. The Morgan fingerprint density at radius 1 is 1.43 bits per heavy atom. The minimum absolute atomic E-state index is 0.00526. The van der Waals surface area contributed by atoms with Gasteiger partial charge in [-0.1, -0.05) is 18.7 Å². The Morgan fingerprint density at radius 3 is 3.00 bits per heavy atom. The molecule has 0 aliphatic carbocycles. The van der Waals surface area contributed by atoms with Crippen molar-refractivity contribution in [2.45, 2.75) is 12.1 Å². The van der Waals surface area contributed by atoms with Gasteiger partial charge in [-0.25, -0.2) is 4.98 Å². The Kier molecular flexibility index (Phi) is 3.54. The highest BCUT2D eigenvalue weighted by Gasteiger charge is 2.18. The van der Waals surface area contributed by atoms with Crippen LogP contribution in [0.5, 0.6) is 11.5 Å². The molecule has 3 rings (SSSR count). The zero-order chi connectivity index (χ0) is 14.8. The van der Waals surface area contributed by atoms with E-state index in [0.717, 1.165) is 5.75 Å². The van der Waals surface area contributed by atoms with E-state index < -0.39 is 5.56 Å². The molecule has 0 fully saturated rings. The molecule has 0 spiro atoms. The second kappa shape index (κ2) is 5.50. The third-order valence-corrected chi connectivity index (χ3v) is 3.69. The number of thioether (sulfide) groups is 1. The molecule has 0 radical (unpaired) electrons. The van der Waals surface area contributed by atoms with Gasteiger partial charge in [0.25, 0.3) is 5.56 Å². The first-order chi connectivity index (χ1) is 10.2. The van der Waals surface area contributed by atoms with Gasteiger partial charge < -0.3 is 14.5 Å². The number of nitriles is 1. The number of nitrogens with one attached hydrogen (secondary N) is 1. The molecule has 0 atom stereocenters. The smallest absolute Gasteiger partial charge is 0.270 e. The molecule has 0 amide bonds. The van der Waals surface area contributed by atoms with E-state index in [1.807, 2.05) is 13.0 Å². The lowest BCUT2D eigenvalue weighted by Crippen LogP contribution is -2.14. The molecule has 1 aromatic carbocycles. The molecular formula is C14H11N3O3S. The third-order valence-electron chi connectivity index (χ3n) is 2.94. The lowest BCUT2D eigenvalue weighted by Gasteiger charge is -2.06. The molecule has 1 aromatic heterocycles. The van der Waals surface area contributed by atoms with Crippen LogP contribution < -0.4 is 15.0 Å². The van der Waals surface area contributed by atoms with Gasteiger partial charge >= 0.3 is 0 Å². The van der Waals surface area contributed by atoms with Crippen molar-refractivity contribution in [3.63, 3.8) is 0 Å². The summed E-state index contributed by atoms with van der Waals surface area (Å²) in [6, 6.07) is 7.14. The van der Waals surface area contributed by atoms with Crippen molar-refractivity contribution < 1.29 is 9.47 Å². The van der Waals surface area contributed by atoms with Crippen molar-refractivity contribution in [3.8, 4) is 28.8 Å². The van der Waals surface area contributed by atoms with Gasteiger partial charge in [0.1, 0.15) is 11.6 Å². The highest BCUT2D eigenvalue weighted by atomic mass is 32.2. The van der Waals surface area contributed by atoms with E-state index in [0.29, 0.717) is 27.9 Å². The molecule has 0 saturated heterocycles. The topological polar surface area (TPSA) is 88.0 Å². The van der Waals surface area contributed by atoms with Crippen molar-refractivity contribution in [1.29, 1.82) is 5.26 Å². The molecule has 7 heteroatoms. The second-order valence-corrected chi connectivity index (χ2v) is 5.46. The first kappa shape index (κ1) is 13.5. The molecule has 2 heterocycles. The summed E-state index contributed by atoms with van der Waals surface area (Å²) < 4.78 is 10.6. The number of fused-ring (bicyclic) bond motifs is 1. The van der Waals surface area contributed by atoms with Crippen molar-refractivity contribution in [2.24, 2.45) is 0 Å². The number of ether oxygens (including phenoxy) is 2. The van der Waals surface area contributed by atoms with Gasteiger partial charge in [-0.2, -0.15) is 5.26 Å². The van der Waals surface area contributed by atoms with Gasteiger partial charge in [0.2, 0.25) is 6.79 Å². The third kappa shape index (κ3) is 2.45. The quantitative estimate of drug-likeness (QED) is 0.690. The fourth-order valence-electron chi connectivity index (χ4n) is 2.01. The summed E-state index contributed by atoms with van der Waals surface area (Å²) in [4.78, 5) is 19.0. The number of benzene rings is 1. The summed E-state index contributed by atoms with van der Waals surface area (Å²) in [7, 11) is 0. The number of nitrogens with zero attached hydrogens (tertiary/aromatic N) is 2. The van der Waals surface area contributed by atoms with E-state index >= 15 is 0 Å². The summed E-state index contributed by atoms with van der Waals surface area (Å²) in [5, 5.41) is 9.70. The van der Waals surface area contributed by atoms with Gasteiger partial charge in [0, 0.05) is 5.56 Å². The summed E-state index contributed by atoms with van der Waals surface area (Å²) in [6.07, 6.45) is 0. The molecule has 1 N–H and O–H groups in total. The molecule has 0 saturated carbocycles. The standard InChI is InChI=1S/C14H11N3O3S/c1-2-21-14-16-12(9(6-15)13(18)17-14)8-3-4-10-11(5-8)20-7-19-10/h3-5H,2,7H2,1H3,(H,16,17,18). The van der Waals surface area contributed by atoms with Crippen LogP contribution in [0, 0.1) is 11.3 Å². The summed E-state index contributed by atoms with van der Waals surface area (Å²) in [5.41, 5.74) is 0.570. The van der Waals surface area contributed by atoms with Gasteiger partial charge in [0.05, 0.1) is 5.69 Å². The largest absolute Gasteiger partial charge is 0.454 e. The van der Waals surface area contributed by atoms with Crippen molar-refractivity contribution in [1.82, 2.24) is 9.97 Å². The van der Waals surface area contributed by atoms with Gasteiger partial charge in [-0.15, -0.1) is 0 Å². The number of H-pyrrole nitrogens is 1. The van der Waals surface area contributed by atoms with Crippen LogP contribution in [0.3, 0.4) is 0 Å². The molecule has 0 bridgehead atoms. The molecule has 0 unspecified atom stereocenters. The fraction of sp³-hybridized carbons (Fsp3) is 0.214. The molecule has 1 aliphatic rings. The van der Waals surface area contributed by atoms with Crippen LogP contribution in [-0.4, -0.2) is 22.5 Å². The van der Waals surface area contributed by atoms with E-state index in [1.54, 1.807) is 18.2 Å². The number of aromatic amines is 1. The molecule has 106 valence electrons. The van der Waals surface area contributed by atoms with Gasteiger partial charge in [0.15, 0.2) is 16.7 Å². The van der Waals surface area contributed by atoms with E-state index in [2.05, 4.69) is 9.97 Å². The van der Waals surface area contributed by atoms with E-state index in [9.17, 15) is 10.1 Å². The summed E-state index contributed by atoms with van der Waals surface area (Å²) >= 11 is 1.41. The number of hydrogen-bond acceptors (Lipinski definition) is 6. The predicted octanol–water partition coefficient (Wildman–Crippen LogP) is 2.15. The summed E-state index contributed by atoms with van der Waals surface area (Å²) in [5.74, 6) is 2.00. The summed E-state index contributed by atoms with van der Waals surface area (Å²) in [6.45, 7) is 2.13. The SMILES string of the molecule is CCSc1nc(-c2ccc3c(c2)OCO3)c(C#N)c(=O)[nH]1. The first-order valence-electron chi connectivity index (χ1n) is 6.30. The Hall–Kier alpha value is -2.46. The van der Waals surface area contributed by atoms with E-state index in [-0.39, 0.29) is 12.4 Å². The Labute approximate surface area is 124 Å². The first-order valence-corrected chi connectivity index (χ1v) is 7.28. The molecule has 2 aromatic rings. The number of hydrogen-bond donors (Lipinski definition) is 1. The van der Waals surface area contributed by atoms with Crippen LogP contribution in [0.1, 0.15) is 12.5 Å². The van der Waals surface area contributed by atoms with Crippen LogP contribution >= 0.6 is 11.8 Å². The average molecular weight is 301 g/mol. The van der Waals surface area contributed by atoms with Crippen molar-refractivity contribution in [2.75, 3.05) is 12.5 Å². The number of rotatable bonds is 3. The van der Waals surface area contributed by atoms with E-state index in [1.165, 1.54) is 11.8 Å². The predicted molar refractivity (Wildman–Crippen MR) is 77.5 cm³/mol. The maximum atomic E-state index is 12.0. The highest BCUT2D eigenvalue weighted by molar-refractivity contribution is 7.99. The Bertz CT molecular complexity index is 795. The lowest BCUT2D eigenvalue weighted by atomic mass is 10.1. The number of aromatic nitrogens is 2. The van der Waals surface area contributed by atoms with E-state index in [4.69, 9.17) is 9.47 Å². The maximum Gasteiger partial charge on any atom is 0.270 e. The van der Waals surface area contributed by atoms with Crippen LogP contribution in [-0.2, 0) is 0 Å². The van der Waals surface area contributed by atoms with Gasteiger partial charge in [-0.05, 0) is 24.0 Å². The second-order valence-electron chi connectivity index (χ2n) is 4.21. The average Bonchev–Trinajstić information content (AvgIpc) is 2.94. The molecule has 21 heavy (non-hydrogen) atoms.